The first kappa shape index (κ1) is 19.4. The summed E-state index contributed by atoms with van der Waals surface area (Å²) in [5.41, 5.74) is 4.34. The van der Waals surface area contributed by atoms with E-state index in [-0.39, 0.29) is 25.5 Å². The number of nitrogens with zero attached hydrogens (tertiary/aromatic N) is 1. The van der Waals surface area contributed by atoms with Gasteiger partial charge in [0.05, 0.1) is 6.54 Å². The van der Waals surface area contributed by atoms with Gasteiger partial charge in [-0.3, -0.25) is 4.79 Å². The fourth-order valence-corrected chi connectivity index (χ4v) is 5.43. The number of carbonyl (C=O) groups is 2. The van der Waals surface area contributed by atoms with Crippen LogP contribution in [0.3, 0.4) is 0 Å². The number of benzene rings is 2. The van der Waals surface area contributed by atoms with E-state index in [1.807, 2.05) is 48.5 Å². The molecular weight excluding hydrogens is 394 g/mol. The number of fused-ring (bicyclic) bond motifs is 3. The summed E-state index contributed by atoms with van der Waals surface area (Å²) >= 11 is 0. The smallest absolute Gasteiger partial charge is 0.409 e. The fourth-order valence-electron chi connectivity index (χ4n) is 4.26. The topological polar surface area (TPSA) is 101 Å². The van der Waals surface area contributed by atoms with Crippen molar-refractivity contribution in [1.29, 1.82) is 0 Å². The van der Waals surface area contributed by atoms with E-state index in [1.165, 1.54) is 4.90 Å². The number of hydrogen-bond donors (Lipinski definition) is 1. The number of likely N-dealkylation sites (tertiary alicyclic amines) is 1. The van der Waals surface area contributed by atoms with Gasteiger partial charge in [0.2, 0.25) is 0 Å². The van der Waals surface area contributed by atoms with E-state index in [9.17, 15) is 23.1 Å². The highest BCUT2D eigenvalue weighted by Crippen LogP contribution is 2.44. The van der Waals surface area contributed by atoms with E-state index in [0.29, 0.717) is 0 Å². The molecule has 152 valence electrons. The van der Waals surface area contributed by atoms with Crippen molar-refractivity contribution in [3.8, 4) is 11.1 Å². The van der Waals surface area contributed by atoms with Crippen LogP contribution >= 0.6 is 0 Å². The van der Waals surface area contributed by atoms with Crippen molar-refractivity contribution in [3.05, 3.63) is 59.7 Å². The van der Waals surface area contributed by atoms with Crippen molar-refractivity contribution in [2.45, 2.75) is 17.1 Å². The molecule has 1 fully saturated rings. The first-order valence-electron chi connectivity index (χ1n) is 9.27. The summed E-state index contributed by atoms with van der Waals surface area (Å²) in [6.07, 6.45) is 0.0480. The van der Waals surface area contributed by atoms with E-state index < -0.39 is 33.2 Å². The SMILES string of the molecule is CS(=O)(=O)C1(C(=O)O)CCN(C(=O)OCC2c3ccccc3-c3ccccc32)C1. The Morgan fingerprint density at radius 1 is 1.10 bits per heavy atom. The van der Waals surface area contributed by atoms with Crippen LogP contribution in [0.5, 0.6) is 0 Å². The summed E-state index contributed by atoms with van der Waals surface area (Å²) in [5, 5.41) is 9.46. The van der Waals surface area contributed by atoms with Crippen molar-refractivity contribution < 1.29 is 27.9 Å². The lowest BCUT2D eigenvalue weighted by Gasteiger charge is -2.23. The molecule has 4 rings (SSSR count). The van der Waals surface area contributed by atoms with Crippen LogP contribution in [0.4, 0.5) is 4.79 Å². The Kier molecular flexibility index (Phi) is 4.61. The number of carbonyl (C=O) groups excluding carboxylic acids is 1. The molecule has 0 saturated carbocycles. The number of carboxylic acids is 1. The Labute approximate surface area is 168 Å². The first-order chi connectivity index (χ1) is 13.7. The minimum atomic E-state index is -3.89. The second kappa shape index (κ2) is 6.88. The Bertz CT molecular complexity index is 1050. The van der Waals surface area contributed by atoms with Gasteiger partial charge in [0.1, 0.15) is 6.61 Å². The zero-order valence-electron chi connectivity index (χ0n) is 15.9. The Hall–Kier alpha value is -2.87. The quantitative estimate of drug-likeness (QED) is 0.823. The third-order valence-electron chi connectivity index (χ3n) is 5.93. The molecule has 7 nitrogen and oxygen atoms in total. The molecule has 0 spiro atoms. The highest BCUT2D eigenvalue weighted by atomic mass is 32.2. The molecule has 1 N–H and O–H groups in total. The molecule has 2 aromatic carbocycles. The van der Waals surface area contributed by atoms with Crippen LogP contribution in [0.1, 0.15) is 23.5 Å². The lowest BCUT2D eigenvalue weighted by atomic mass is 9.98. The maximum atomic E-state index is 12.6. The van der Waals surface area contributed by atoms with Gasteiger partial charge in [-0.25, -0.2) is 13.2 Å². The lowest BCUT2D eigenvalue weighted by Crippen LogP contribution is -2.49. The average Bonchev–Trinajstić information content (AvgIpc) is 3.27. The van der Waals surface area contributed by atoms with Crippen LogP contribution in [0.25, 0.3) is 11.1 Å². The molecule has 2 aliphatic rings. The van der Waals surface area contributed by atoms with Crippen molar-refractivity contribution in [2.75, 3.05) is 26.0 Å². The molecule has 1 amide bonds. The molecule has 1 aliphatic carbocycles. The van der Waals surface area contributed by atoms with Crippen molar-refractivity contribution in [2.24, 2.45) is 0 Å². The van der Waals surface area contributed by atoms with Gasteiger partial charge in [-0.2, -0.15) is 0 Å². The standard InChI is InChI=1S/C21H21NO6S/c1-29(26,27)21(19(23)24)10-11-22(13-21)20(25)28-12-18-16-8-4-2-6-14(16)15-7-3-5-9-17(15)18/h2-9,18H,10-13H2,1H3,(H,23,24). The number of rotatable bonds is 4. The van der Waals surface area contributed by atoms with Gasteiger partial charge in [-0.15, -0.1) is 0 Å². The van der Waals surface area contributed by atoms with Gasteiger partial charge in [0.25, 0.3) is 0 Å². The molecule has 2 aromatic rings. The van der Waals surface area contributed by atoms with Gasteiger partial charge in [-0.1, -0.05) is 48.5 Å². The Morgan fingerprint density at radius 3 is 2.14 bits per heavy atom. The molecule has 1 saturated heterocycles. The van der Waals surface area contributed by atoms with Gasteiger partial charge >= 0.3 is 12.1 Å². The highest BCUT2D eigenvalue weighted by molar-refractivity contribution is 7.92. The summed E-state index contributed by atoms with van der Waals surface area (Å²) < 4.78 is 27.6. The third-order valence-corrected chi connectivity index (χ3v) is 7.85. The molecule has 8 heteroatoms. The Morgan fingerprint density at radius 2 is 1.66 bits per heavy atom. The number of hydrogen-bond acceptors (Lipinski definition) is 5. The van der Waals surface area contributed by atoms with Crippen LogP contribution in [-0.2, 0) is 19.4 Å². The molecule has 1 aliphatic heterocycles. The van der Waals surface area contributed by atoms with Crippen LogP contribution < -0.4 is 0 Å². The fraction of sp³-hybridized carbons (Fsp3) is 0.333. The van der Waals surface area contributed by atoms with Crippen LogP contribution in [0.2, 0.25) is 0 Å². The van der Waals surface area contributed by atoms with Gasteiger partial charge in [0.15, 0.2) is 14.6 Å². The largest absolute Gasteiger partial charge is 0.480 e. The zero-order chi connectivity index (χ0) is 20.8. The van der Waals surface area contributed by atoms with Crippen LogP contribution in [0.15, 0.2) is 48.5 Å². The predicted octanol–water partition coefficient (Wildman–Crippen LogP) is 2.51. The highest BCUT2D eigenvalue weighted by Gasteiger charge is 2.54. The predicted molar refractivity (Wildman–Crippen MR) is 106 cm³/mol. The minimum Gasteiger partial charge on any atom is -0.480 e. The van der Waals surface area contributed by atoms with Crippen molar-refractivity contribution in [3.63, 3.8) is 0 Å². The number of ether oxygens (including phenoxy) is 1. The Balaban J connectivity index is 1.51. The second-order valence-corrected chi connectivity index (χ2v) is 9.87. The normalized spacial score (nSPS) is 20.9. The minimum absolute atomic E-state index is 0.0239. The van der Waals surface area contributed by atoms with Gasteiger partial charge < -0.3 is 14.7 Å². The van der Waals surface area contributed by atoms with Crippen LogP contribution in [-0.4, -0.2) is 61.2 Å². The molecule has 0 radical (unpaired) electrons. The molecular formula is C21H21NO6S. The zero-order valence-corrected chi connectivity index (χ0v) is 16.7. The van der Waals surface area contributed by atoms with Crippen molar-refractivity contribution >= 4 is 21.9 Å². The molecule has 1 atom stereocenters. The van der Waals surface area contributed by atoms with Gasteiger partial charge in [-0.05, 0) is 28.7 Å². The van der Waals surface area contributed by atoms with E-state index in [1.54, 1.807) is 0 Å². The summed E-state index contributed by atoms with van der Waals surface area (Å²) in [7, 11) is -3.89. The van der Waals surface area contributed by atoms with E-state index >= 15 is 0 Å². The van der Waals surface area contributed by atoms with E-state index in [2.05, 4.69) is 0 Å². The number of sulfone groups is 1. The van der Waals surface area contributed by atoms with Crippen molar-refractivity contribution in [1.82, 2.24) is 4.90 Å². The average molecular weight is 415 g/mol. The third kappa shape index (κ3) is 3.07. The molecule has 1 unspecified atom stereocenters. The molecule has 29 heavy (non-hydrogen) atoms. The van der Waals surface area contributed by atoms with Gasteiger partial charge in [0, 0.05) is 18.7 Å². The molecule has 1 heterocycles. The summed E-state index contributed by atoms with van der Waals surface area (Å²) in [6.45, 7) is -0.282. The molecule has 0 aromatic heterocycles. The molecule has 0 bridgehead atoms. The monoisotopic (exact) mass is 415 g/mol. The number of carboxylic acid groups (broad SMARTS) is 1. The van der Waals surface area contributed by atoms with E-state index in [0.717, 1.165) is 28.5 Å². The van der Waals surface area contributed by atoms with Crippen LogP contribution in [0, 0.1) is 0 Å². The lowest BCUT2D eigenvalue weighted by molar-refractivity contribution is -0.139. The number of aliphatic carboxylic acids is 1. The summed E-state index contributed by atoms with van der Waals surface area (Å²) in [6, 6.07) is 15.9. The first-order valence-corrected chi connectivity index (χ1v) is 11.2. The van der Waals surface area contributed by atoms with E-state index in [4.69, 9.17) is 4.74 Å². The summed E-state index contributed by atoms with van der Waals surface area (Å²) in [5.74, 6) is -1.55. The maximum absolute atomic E-state index is 12.6. The maximum Gasteiger partial charge on any atom is 0.409 e. The summed E-state index contributed by atoms with van der Waals surface area (Å²) in [4.78, 5) is 25.4. The number of amides is 1. The second-order valence-electron chi connectivity index (χ2n) is 7.55.